The van der Waals surface area contributed by atoms with E-state index in [9.17, 15) is 13.2 Å². The van der Waals surface area contributed by atoms with Crippen molar-refractivity contribution in [3.05, 3.63) is 41.9 Å². The topological polar surface area (TPSA) is 61.0 Å². The van der Waals surface area contributed by atoms with Gasteiger partial charge in [-0.25, -0.2) is 18.2 Å². The Kier molecular flexibility index (Phi) is 6.58. The van der Waals surface area contributed by atoms with E-state index in [0.29, 0.717) is 17.7 Å². The van der Waals surface area contributed by atoms with Gasteiger partial charge in [-0.3, -0.25) is 4.98 Å². The highest BCUT2D eigenvalue weighted by Gasteiger charge is 2.20. The summed E-state index contributed by atoms with van der Waals surface area (Å²) in [5.41, 5.74) is 6.26. The van der Waals surface area contributed by atoms with E-state index in [2.05, 4.69) is 9.97 Å². The molecule has 0 bridgehead atoms. The first-order chi connectivity index (χ1) is 12.2. The lowest BCUT2D eigenvalue weighted by atomic mass is 9.93. The molecule has 1 atom stereocenters. The maximum Gasteiger partial charge on any atom is 0.284 e. The van der Waals surface area contributed by atoms with Crippen molar-refractivity contribution < 1.29 is 17.9 Å². The minimum atomic E-state index is -2.78. The maximum atomic E-state index is 13.4. The van der Waals surface area contributed by atoms with Gasteiger partial charge < -0.3 is 10.5 Å². The molecule has 2 aromatic heterocycles. The van der Waals surface area contributed by atoms with E-state index < -0.39 is 18.8 Å². The molecule has 0 fully saturated rings. The lowest BCUT2D eigenvalue weighted by molar-refractivity contribution is 0.136. The van der Waals surface area contributed by atoms with Gasteiger partial charge >= 0.3 is 0 Å². The number of ether oxygens (including phenoxy) is 1. The van der Waals surface area contributed by atoms with Gasteiger partial charge in [0.1, 0.15) is 18.1 Å². The van der Waals surface area contributed by atoms with Crippen LogP contribution in [0.2, 0.25) is 0 Å². The van der Waals surface area contributed by atoms with Crippen molar-refractivity contribution in [3.8, 4) is 17.0 Å². The van der Waals surface area contributed by atoms with Gasteiger partial charge in [-0.1, -0.05) is 6.92 Å². The number of rotatable bonds is 8. The summed E-state index contributed by atoms with van der Waals surface area (Å²) in [6.07, 6.45) is -0.658. The fourth-order valence-corrected chi connectivity index (χ4v) is 2.80. The maximum absolute atomic E-state index is 13.4. The molecule has 2 aromatic rings. The third-order valence-electron chi connectivity index (χ3n) is 3.74. The molecule has 7 heteroatoms. The number of nitrogens with zero attached hydrogens (tertiary/aromatic N) is 2. The Balaban J connectivity index is 2.20. The van der Waals surface area contributed by atoms with Gasteiger partial charge in [0, 0.05) is 17.3 Å². The lowest BCUT2D eigenvalue weighted by Gasteiger charge is -2.23. The lowest BCUT2D eigenvalue weighted by Crippen LogP contribution is -2.35. The fourth-order valence-electron chi connectivity index (χ4n) is 2.80. The molecule has 0 aromatic carbocycles. The van der Waals surface area contributed by atoms with Gasteiger partial charge in [0.05, 0.1) is 18.0 Å². The van der Waals surface area contributed by atoms with Crippen LogP contribution in [0.25, 0.3) is 11.3 Å². The van der Waals surface area contributed by atoms with Crippen molar-refractivity contribution in [3.63, 3.8) is 0 Å². The Morgan fingerprint density at radius 3 is 2.58 bits per heavy atom. The highest BCUT2D eigenvalue weighted by atomic mass is 19.3. The molecular weight excluding hydrogens is 343 g/mol. The molecule has 1 unspecified atom stereocenters. The highest BCUT2D eigenvalue weighted by molar-refractivity contribution is 5.60. The number of hydrogen-bond acceptors (Lipinski definition) is 4. The second kappa shape index (κ2) is 8.49. The van der Waals surface area contributed by atoms with Crippen LogP contribution < -0.4 is 10.5 Å². The average molecular weight is 367 g/mol. The Hall–Kier alpha value is -2.15. The summed E-state index contributed by atoms with van der Waals surface area (Å²) in [5, 5.41) is 0. The number of alkyl halides is 3. The molecule has 142 valence electrons. The predicted molar refractivity (Wildman–Crippen MR) is 94.8 cm³/mol. The molecule has 0 radical (unpaired) electrons. The zero-order chi connectivity index (χ0) is 19.3. The van der Waals surface area contributed by atoms with E-state index in [1.165, 1.54) is 18.3 Å². The van der Waals surface area contributed by atoms with Crippen LogP contribution in [0.15, 0.2) is 30.5 Å². The van der Waals surface area contributed by atoms with E-state index in [-0.39, 0.29) is 29.5 Å². The number of hydrogen-bond donors (Lipinski definition) is 1. The third kappa shape index (κ3) is 5.69. The van der Waals surface area contributed by atoms with Crippen LogP contribution in [0.3, 0.4) is 0 Å². The molecule has 0 aliphatic carbocycles. The Bertz CT molecular complexity index is 732. The minimum Gasteiger partial charge on any atom is -0.491 e. The molecule has 0 saturated heterocycles. The predicted octanol–water partition coefficient (Wildman–Crippen LogP) is 4.69. The van der Waals surface area contributed by atoms with Crippen molar-refractivity contribution in [1.82, 2.24) is 9.97 Å². The van der Waals surface area contributed by atoms with E-state index in [1.54, 1.807) is 12.1 Å². The largest absolute Gasteiger partial charge is 0.491 e. The van der Waals surface area contributed by atoms with E-state index >= 15 is 0 Å². The van der Waals surface area contributed by atoms with E-state index in [1.807, 2.05) is 20.8 Å². The van der Waals surface area contributed by atoms with Crippen LogP contribution >= 0.6 is 0 Å². The van der Waals surface area contributed by atoms with Gasteiger partial charge in [0.25, 0.3) is 6.43 Å². The second-order valence-electron chi connectivity index (χ2n) is 7.16. The Morgan fingerprint density at radius 2 is 1.96 bits per heavy atom. The summed E-state index contributed by atoms with van der Waals surface area (Å²) in [6.45, 7) is 5.30. The highest BCUT2D eigenvalue weighted by Crippen LogP contribution is 2.31. The number of aromatic nitrogens is 2. The molecule has 0 aliphatic heterocycles. The first-order valence-corrected chi connectivity index (χ1v) is 8.41. The Morgan fingerprint density at radius 1 is 1.23 bits per heavy atom. The van der Waals surface area contributed by atoms with Gasteiger partial charge in [-0.05, 0) is 50.5 Å². The van der Waals surface area contributed by atoms with Gasteiger partial charge in [0.2, 0.25) is 0 Å². The molecule has 26 heavy (non-hydrogen) atoms. The van der Waals surface area contributed by atoms with Gasteiger partial charge in [0.15, 0.2) is 0 Å². The Labute approximate surface area is 151 Å². The van der Waals surface area contributed by atoms with Crippen molar-refractivity contribution in [2.45, 2.75) is 45.8 Å². The van der Waals surface area contributed by atoms with Crippen LogP contribution in [0.4, 0.5) is 13.2 Å². The van der Waals surface area contributed by atoms with E-state index in [4.69, 9.17) is 10.5 Å². The summed E-state index contributed by atoms with van der Waals surface area (Å²) in [6, 6.07) is 6.14. The SMILES string of the molecule is CC(COc1ccc(-c2ccnc(CF)c2)nc1C(F)F)CC(C)(C)N. The molecule has 0 amide bonds. The number of halogens is 3. The smallest absolute Gasteiger partial charge is 0.284 e. The first kappa shape index (κ1) is 20.2. The van der Waals surface area contributed by atoms with Crippen LogP contribution in [0.5, 0.6) is 5.75 Å². The van der Waals surface area contributed by atoms with Crippen LogP contribution in [0, 0.1) is 5.92 Å². The molecule has 0 saturated carbocycles. The third-order valence-corrected chi connectivity index (χ3v) is 3.74. The van der Waals surface area contributed by atoms with Crippen molar-refractivity contribution in [2.75, 3.05) is 6.61 Å². The van der Waals surface area contributed by atoms with Crippen LogP contribution in [-0.4, -0.2) is 22.1 Å². The average Bonchev–Trinajstić information content (AvgIpc) is 2.58. The summed E-state index contributed by atoms with van der Waals surface area (Å²) in [5.74, 6) is 0.151. The summed E-state index contributed by atoms with van der Waals surface area (Å²) >= 11 is 0. The molecule has 0 spiro atoms. The van der Waals surface area contributed by atoms with Crippen LogP contribution in [-0.2, 0) is 6.67 Å². The van der Waals surface area contributed by atoms with Crippen LogP contribution in [0.1, 0.15) is 45.0 Å². The minimum absolute atomic E-state index is 0.0465. The first-order valence-electron chi connectivity index (χ1n) is 8.41. The normalized spacial score (nSPS) is 13.1. The zero-order valence-corrected chi connectivity index (χ0v) is 15.2. The molecule has 0 aliphatic rings. The molecule has 4 nitrogen and oxygen atoms in total. The molecular formula is C19H24F3N3O. The molecule has 2 N–H and O–H groups in total. The number of nitrogens with two attached hydrogens (primary N) is 1. The van der Waals surface area contributed by atoms with Gasteiger partial charge in [-0.15, -0.1) is 0 Å². The van der Waals surface area contributed by atoms with E-state index in [0.717, 1.165) is 0 Å². The number of pyridine rings is 2. The van der Waals surface area contributed by atoms with Gasteiger partial charge in [-0.2, -0.15) is 0 Å². The summed E-state index contributed by atoms with van der Waals surface area (Å²) < 4.78 is 45.2. The monoisotopic (exact) mass is 367 g/mol. The second-order valence-corrected chi connectivity index (χ2v) is 7.16. The van der Waals surface area contributed by atoms with Crippen molar-refractivity contribution >= 4 is 0 Å². The fraction of sp³-hybridized carbons (Fsp3) is 0.474. The zero-order valence-electron chi connectivity index (χ0n) is 15.2. The molecule has 2 heterocycles. The van der Waals surface area contributed by atoms with Crippen molar-refractivity contribution in [1.29, 1.82) is 0 Å². The summed E-state index contributed by atoms with van der Waals surface area (Å²) in [4.78, 5) is 7.87. The molecule has 2 rings (SSSR count). The van der Waals surface area contributed by atoms with Crippen molar-refractivity contribution in [2.24, 2.45) is 11.7 Å². The summed E-state index contributed by atoms with van der Waals surface area (Å²) in [7, 11) is 0. The standard InChI is InChI=1S/C19H24F3N3O/c1-12(9-19(2,3)23)11-26-16-5-4-15(25-17(16)18(21)22)13-6-7-24-14(8-13)10-20/h4-8,12,18H,9-11,23H2,1-3H3. The quantitative estimate of drug-likeness (QED) is 0.735.